The van der Waals surface area contributed by atoms with E-state index in [1.54, 1.807) is 11.3 Å². The summed E-state index contributed by atoms with van der Waals surface area (Å²) in [5.74, 6) is 2.25. The molecule has 2 aromatic heterocycles. The smallest absolute Gasteiger partial charge is 0.223 e. The van der Waals surface area contributed by atoms with Crippen LogP contribution in [0.5, 0.6) is 0 Å². The van der Waals surface area contributed by atoms with Crippen LogP contribution in [-0.2, 0) is 6.42 Å². The second-order valence-electron chi connectivity index (χ2n) is 5.23. The molecule has 0 atom stereocenters. The van der Waals surface area contributed by atoms with E-state index < -0.39 is 0 Å². The maximum atomic E-state index is 5.78. The van der Waals surface area contributed by atoms with E-state index in [4.69, 9.17) is 5.73 Å². The van der Waals surface area contributed by atoms with Gasteiger partial charge < -0.3 is 11.1 Å². The normalized spacial score (nSPS) is 15.0. The van der Waals surface area contributed by atoms with Crippen molar-refractivity contribution in [3.8, 4) is 0 Å². The van der Waals surface area contributed by atoms with Gasteiger partial charge in [-0.05, 0) is 31.2 Å². The van der Waals surface area contributed by atoms with Crippen molar-refractivity contribution in [3.63, 3.8) is 0 Å². The van der Waals surface area contributed by atoms with Crippen LogP contribution in [-0.4, -0.2) is 16.5 Å². The van der Waals surface area contributed by atoms with Crippen LogP contribution in [0.1, 0.15) is 37.5 Å². The Morgan fingerprint density at radius 1 is 1.42 bits per heavy atom. The molecule has 102 valence electrons. The molecule has 1 aliphatic rings. The summed E-state index contributed by atoms with van der Waals surface area (Å²) in [7, 11) is 0. The number of anilines is 2. The monoisotopic (exact) mass is 276 g/mol. The van der Waals surface area contributed by atoms with Gasteiger partial charge in [-0.15, -0.1) is 11.3 Å². The fourth-order valence-corrected chi connectivity index (χ4v) is 3.28. The van der Waals surface area contributed by atoms with Crippen molar-refractivity contribution in [1.82, 2.24) is 9.97 Å². The number of nitrogen functional groups attached to an aromatic ring is 1. The van der Waals surface area contributed by atoms with Crippen molar-refractivity contribution in [2.75, 3.05) is 17.6 Å². The summed E-state index contributed by atoms with van der Waals surface area (Å²) in [4.78, 5) is 11.0. The van der Waals surface area contributed by atoms with Crippen molar-refractivity contribution in [2.45, 2.75) is 39.0 Å². The number of aryl methyl sites for hydroxylation is 1. The van der Waals surface area contributed by atoms with Gasteiger partial charge in [-0.2, -0.15) is 4.98 Å². The summed E-state index contributed by atoms with van der Waals surface area (Å²) < 4.78 is 0. The number of nitrogens with two attached hydrogens (primary N) is 1. The quantitative estimate of drug-likeness (QED) is 0.793. The number of nitrogens with one attached hydrogen (secondary N) is 1. The van der Waals surface area contributed by atoms with Gasteiger partial charge in [0.2, 0.25) is 5.95 Å². The first-order valence-corrected chi connectivity index (χ1v) is 7.87. The lowest BCUT2D eigenvalue weighted by Gasteiger charge is -2.06. The third kappa shape index (κ3) is 2.97. The van der Waals surface area contributed by atoms with Crippen molar-refractivity contribution in [1.29, 1.82) is 0 Å². The van der Waals surface area contributed by atoms with Gasteiger partial charge >= 0.3 is 0 Å². The first kappa shape index (κ1) is 12.7. The van der Waals surface area contributed by atoms with Crippen LogP contribution in [0.25, 0.3) is 10.2 Å². The molecule has 0 spiro atoms. The molecule has 0 amide bonds. The summed E-state index contributed by atoms with van der Waals surface area (Å²) in [6.45, 7) is 3.13. The van der Waals surface area contributed by atoms with Crippen molar-refractivity contribution >= 4 is 33.3 Å². The summed E-state index contributed by atoms with van der Waals surface area (Å²) in [5, 5.41) is 4.54. The summed E-state index contributed by atoms with van der Waals surface area (Å²) in [6.07, 6.45) is 6.42. The molecule has 3 rings (SSSR count). The number of aromatic nitrogens is 2. The topological polar surface area (TPSA) is 63.8 Å². The van der Waals surface area contributed by atoms with Gasteiger partial charge in [0.05, 0.1) is 5.39 Å². The van der Waals surface area contributed by atoms with Crippen LogP contribution in [0.4, 0.5) is 11.8 Å². The van der Waals surface area contributed by atoms with Gasteiger partial charge in [-0.1, -0.05) is 19.8 Å². The Morgan fingerprint density at radius 3 is 3.00 bits per heavy atom. The lowest BCUT2D eigenvalue weighted by atomic mass is 10.2. The van der Waals surface area contributed by atoms with Crippen LogP contribution in [0, 0.1) is 5.92 Å². The largest absolute Gasteiger partial charge is 0.369 e. The minimum atomic E-state index is 0.363. The molecule has 1 aliphatic carbocycles. The van der Waals surface area contributed by atoms with Gasteiger partial charge in [0.1, 0.15) is 10.6 Å². The molecule has 4 nitrogen and oxygen atoms in total. The van der Waals surface area contributed by atoms with Gasteiger partial charge in [0.25, 0.3) is 0 Å². The molecule has 1 fully saturated rings. The number of hydrogen-bond acceptors (Lipinski definition) is 5. The zero-order valence-corrected chi connectivity index (χ0v) is 12.1. The fraction of sp³-hybridized carbons (Fsp3) is 0.571. The van der Waals surface area contributed by atoms with Crippen molar-refractivity contribution in [2.24, 2.45) is 5.92 Å². The van der Waals surface area contributed by atoms with E-state index in [0.29, 0.717) is 5.95 Å². The van der Waals surface area contributed by atoms with Gasteiger partial charge in [-0.3, -0.25) is 0 Å². The highest BCUT2D eigenvalue weighted by Crippen LogP contribution is 2.33. The third-order valence-corrected chi connectivity index (χ3v) is 4.76. The molecule has 0 aromatic carbocycles. The van der Waals surface area contributed by atoms with E-state index in [2.05, 4.69) is 28.3 Å². The minimum absolute atomic E-state index is 0.363. The SMILES string of the molecule is CCc1cc2c(NCCCC3CC3)nc(N)nc2s1. The molecule has 0 saturated heterocycles. The van der Waals surface area contributed by atoms with E-state index in [9.17, 15) is 0 Å². The molecule has 0 bridgehead atoms. The molecule has 1 saturated carbocycles. The lowest BCUT2D eigenvalue weighted by molar-refractivity contribution is 0.687. The molecule has 19 heavy (non-hydrogen) atoms. The molecule has 2 aromatic rings. The summed E-state index contributed by atoms with van der Waals surface area (Å²) >= 11 is 1.71. The highest BCUT2D eigenvalue weighted by atomic mass is 32.1. The highest BCUT2D eigenvalue weighted by Gasteiger charge is 2.20. The Balaban J connectivity index is 1.73. The van der Waals surface area contributed by atoms with Crippen LogP contribution in [0.15, 0.2) is 6.07 Å². The molecular weight excluding hydrogens is 256 g/mol. The molecule has 2 heterocycles. The summed E-state index contributed by atoms with van der Waals surface area (Å²) in [5.41, 5.74) is 5.78. The van der Waals surface area contributed by atoms with Crippen LogP contribution in [0.2, 0.25) is 0 Å². The number of hydrogen-bond donors (Lipinski definition) is 2. The molecular formula is C14H20N4S. The zero-order valence-electron chi connectivity index (χ0n) is 11.3. The predicted molar refractivity (Wildman–Crippen MR) is 81.7 cm³/mol. The van der Waals surface area contributed by atoms with Crippen molar-refractivity contribution < 1.29 is 0 Å². The van der Waals surface area contributed by atoms with E-state index in [1.165, 1.54) is 30.6 Å². The fourth-order valence-electron chi connectivity index (χ4n) is 2.30. The average Bonchev–Trinajstić information content (AvgIpc) is 3.12. The standard InChI is InChI=1S/C14H20N4S/c1-2-10-8-11-12(16-7-3-4-9-5-6-9)17-14(15)18-13(11)19-10/h8-9H,2-7H2,1H3,(H3,15,16,17,18). The van der Waals surface area contributed by atoms with Crippen molar-refractivity contribution in [3.05, 3.63) is 10.9 Å². The Kier molecular flexibility index (Phi) is 3.55. The Labute approximate surface area is 117 Å². The molecule has 3 N–H and O–H groups in total. The van der Waals surface area contributed by atoms with E-state index in [0.717, 1.165) is 34.9 Å². The minimum Gasteiger partial charge on any atom is -0.369 e. The molecule has 0 unspecified atom stereocenters. The Morgan fingerprint density at radius 2 is 2.26 bits per heavy atom. The maximum absolute atomic E-state index is 5.78. The van der Waals surface area contributed by atoms with E-state index in [-0.39, 0.29) is 0 Å². The van der Waals surface area contributed by atoms with E-state index in [1.807, 2.05) is 0 Å². The average molecular weight is 276 g/mol. The summed E-state index contributed by atoms with van der Waals surface area (Å²) in [6, 6.07) is 2.18. The van der Waals surface area contributed by atoms with Crippen LogP contribution in [0.3, 0.4) is 0 Å². The third-order valence-electron chi connectivity index (χ3n) is 3.59. The number of rotatable bonds is 6. The van der Waals surface area contributed by atoms with Crippen LogP contribution >= 0.6 is 11.3 Å². The number of thiophene rings is 1. The number of nitrogens with zero attached hydrogens (tertiary/aromatic N) is 2. The maximum Gasteiger partial charge on any atom is 0.223 e. The first-order valence-electron chi connectivity index (χ1n) is 7.06. The highest BCUT2D eigenvalue weighted by molar-refractivity contribution is 7.18. The van der Waals surface area contributed by atoms with Crippen LogP contribution < -0.4 is 11.1 Å². The molecule has 0 radical (unpaired) electrons. The Hall–Kier alpha value is -1.36. The number of fused-ring (bicyclic) bond motifs is 1. The van der Waals surface area contributed by atoms with Gasteiger partial charge in [0, 0.05) is 11.4 Å². The zero-order chi connectivity index (χ0) is 13.2. The predicted octanol–water partition coefficient (Wildman–Crippen LogP) is 3.44. The first-order chi connectivity index (χ1) is 9.26. The van der Waals surface area contributed by atoms with Gasteiger partial charge in [-0.25, -0.2) is 4.98 Å². The van der Waals surface area contributed by atoms with E-state index >= 15 is 0 Å². The Bertz CT molecular complexity index is 574. The molecule has 0 aliphatic heterocycles. The molecule has 5 heteroatoms. The lowest BCUT2D eigenvalue weighted by Crippen LogP contribution is -2.06. The second-order valence-corrected chi connectivity index (χ2v) is 6.34. The van der Waals surface area contributed by atoms with Gasteiger partial charge in [0.15, 0.2) is 0 Å². The second kappa shape index (κ2) is 5.33.